The third kappa shape index (κ3) is 4.04. The number of fused-ring (bicyclic) bond motifs is 1. The highest BCUT2D eigenvalue weighted by atomic mass is 16.6. The number of rotatable bonds is 6. The van der Waals surface area contributed by atoms with Crippen LogP contribution in [0, 0.1) is 0 Å². The van der Waals surface area contributed by atoms with Crippen molar-refractivity contribution in [2.24, 2.45) is 0 Å². The Morgan fingerprint density at radius 1 is 1.23 bits per heavy atom. The van der Waals surface area contributed by atoms with Crippen molar-refractivity contribution in [3.05, 3.63) is 45.1 Å². The molecule has 1 fully saturated rings. The van der Waals surface area contributed by atoms with Crippen LogP contribution in [0.3, 0.4) is 0 Å². The lowest BCUT2D eigenvalue weighted by atomic mass is 10.1. The van der Waals surface area contributed by atoms with Gasteiger partial charge in [0.2, 0.25) is 6.10 Å². The van der Waals surface area contributed by atoms with E-state index in [1.807, 2.05) is 13.0 Å². The molecule has 9 heteroatoms. The average Bonchev–Trinajstić information content (AvgIpc) is 3.30. The molecule has 0 bridgehead atoms. The molecule has 31 heavy (non-hydrogen) atoms. The lowest BCUT2D eigenvalue weighted by Crippen LogP contribution is -2.52. The van der Waals surface area contributed by atoms with Gasteiger partial charge in [0.1, 0.15) is 12.4 Å². The molecule has 3 N–H and O–H groups in total. The van der Waals surface area contributed by atoms with E-state index in [2.05, 4.69) is 4.98 Å². The molecule has 0 spiro atoms. The van der Waals surface area contributed by atoms with Crippen molar-refractivity contribution in [3.63, 3.8) is 0 Å². The third-order valence-electron chi connectivity index (χ3n) is 5.90. The summed E-state index contributed by atoms with van der Waals surface area (Å²) in [6, 6.07) is 6.96. The summed E-state index contributed by atoms with van der Waals surface area (Å²) >= 11 is 0. The van der Waals surface area contributed by atoms with Crippen LogP contribution >= 0.6 is 0 Å². The molecule has 1 aromatic heterocycles. The number of nitrogens with two attached hydrogens (primary N) is 1. The molecule has 2 aromatic rings. The topological polar surface area (TPSA) is 120 Å². The highest BCUT2D eigenvalue weighted by Crippen LogP contribution is 2.34. The van der Waals surface area contributed by atoms with Crippen LogP contribution in [0.2, 0.25) is 0 Å². The summed E-state index contributed by atoms with van der Waals surface area (Å²) in [4.78, 5) is 42.6. The number of amides is 1. The minimum atomic E-state index is -0.912. The number of unbranched alkanes of at least 4 members (excludes halogenated alkanes) is 1. The summed E-state index contributed by atoms with van der Waals surface area (Å²) < 4.78 is 13.0. The summed E-state index contributed by atoms with van der Waals surface area (Å²) in [6.07, 6.45) is 4.08. The highest BCUT2D eigenvalue weighted by molar-refractivity contribution is 5.99. The van der Waals surface area contributed by atoms with E-state index >= 15 is 0 Å². The predicted molar refractivity (Wildman–Crippen MR) is 117 cm³/mol. The van der Waals surface area contributed by atoms with Gasteiger partial charge in [-0.3, -0.25) is 24.0 Å². The van der Waals surface area contributed by atoms with Gasteiger partial charge >= 0.3 is 5.69 Å². The van der Waals surface area contributed by atoms with E-state index in [9.17, 15) is 14.4 Å². The van der Waals surface area contributed by atoms with Gasteiger partial charge < -0.3 is 15.2 Å². The average molecular weight is 428 g/mol. The lowest BCUT2D eigenvalue weighted by Gasteiger charge is -2.34. The van der Waals surface area contributed by atoms with Crippen molar-refractivity contribution in [3.8, 4) is 11.5 Å². The number of nitrogens with zero attached hydrogens (tertiary/aromatic N) is 2. The second-order valence-corrected chi connectivity index (χ2v) is 8.01. The number of carbonyl (C=O) groups excluding carboxylic acids is 1. The van der Waals surface area contributed by atoms with E-state index in [1.54, 1.807) is 18.2 Å². The zero-order chi connectivity index (χ0) is 22.0. The molecule has 1 saturated carbocycles. The Morgan fingerprint density at radius 2 is 1.94 bits per heavy atom. The number of hydrogen-bond acceptors (Lipinski definition) is 6. The molecule has 0 radical (unpaired) electrons. The van der Waals surface area contributed by atoms with Crippen LogP contribution in [0.4, 0.5) is 11.5 Å². The fourth-order valence-corrected chi connectivity index (χ4v) is 4.28. The van der Waals surface area contributed by atoms with Crippen molar-refractivity contribution in [2.45, 2.75) is 64.1 Å². The Bertz CT molecular complexity index is 1070. The summed E-state index contributed by atoms with van der Waals surface area (Å²) in [6.45, 7) is 2.40. The first kappa shape index (κ1) is 21.0. The number of benzene rings is 1. The van der Waals surface area contributed by atoms with Crippen LogP contribution in [-0.2, 0) is 11.3 Å². The van der Waals surface area contributed by atoms with Crippen LogP contribution in [0.25, 0.3) is 0 Å². The molecule has 1 aromatic carbocycles. The number of ether oxygens (including phenoxy) is 2. The van der Waals surface area contributed by atoms with Crippen molar-refractivity contribution in [1.82, 2.24) is 9.55 Å². The molecule has 1 aliphatic heterocycles. The van der Waals surface area contributed by atoms with Gasteiger partial charge in [0.15, 0.2) is 17.2 Å². The van der Waals surface area contributed by atoms with E-state index in [-0.39, 0.29) is 30.1 Å². The van der Waals surface area contributed by atoms with E-state index < -0.39 is 17.4 Å². The van der Waals surface area contributed by atoms with Crippen molar-refractivity contribution in [2.75, 3.05) is 17.2 Å². The molecular formula is C22H28N4O5. The van der Waals surface area contributed by atoms with E-state index in [0.29, 0.717) is 18.0 Å². The fraction of sp³-hybridized carbons (Fsp3) is 0.500. The number of para-hydroxylation sites is 2. The molecule has 166 valence electrons. The maximum absolute atomic E-state index is 13.6. The first-order chi connectivity index (χ1) is 15.0. The number of nitrogens with one attached hydrogen (secondary N) is 1. The highest BCUT2D eigenvalue weighted by Gasteiger charge is 2.39. The Hall–Kier alpha value is -3.23. The standard InChI is InChI=1S/C22H28N4O5/c1-2-3-12-25-19(23)18(20(27)24-22(25)29)26(14-8-4-5-9-14)21(28)17-13-30-15-10-6-7-11-16(15)31-17/h6-7,10-11,14,17H,2-5,8-9,12-13,23H2,1H3,(H,24,27,29). The Kier molecular flexibility index (Phi) is 6.01. The normalized spacial score (nSPS) is 18.2. The maximum atomic E-state index is 13.6. The second kappa shape index (κ2) is 8.87. The van der Waals surface area contributed by atoms with Crippen LogP contribution in [0.5, 0.6) is 11.5 Å². The fourth-order valence-electron chi connectivity index (χ4n) is 4.28. The number of carbonyl (C=O) groups is 1. The molecular weight excluding hydrogens is 400 g/mol. The Balaban J connectivity index is 1.74. The van der Waals surface area contributed by atoms with Crippen LogP contribution in [0.15, 0.2) is 33.9 Å². The lowest BCUT2D eigenvalue weighted by molar-refractivity contribution is -0.128. The van der Waals surface area contributed by atoms with Crippen molar-refractivity contribution in [1.29, 1.82) is 0 Å². The van der Waals surface area contributed by atoms with Crippen molar-refractivity contribution >= 4 is 17.4 Å². The Morgan fingerprint density at radius 3 is 2.65 bits per heavy atom. The van der Waals surface area contributed by atoms with Gasteiger partial charge in [-0.2, -0.15) is 0 Å². The summed E-state index contributed by atoms with van der Waals surface area (Å²) in [7, 11) is 0. The summed E-state index contributed by atoms with van der Waals surface area (Å²) in [5.74, 6) is 0.677. The van der Waals surface area contributed by atoms with Gasteiger partial charge in [-0.25, -0.2) is 4.79 Å². The largest absolute Gasteiger partial charge is 0.485 e. The number of aromatic nitrogens is 2. The third-order valence-corrected chi connectivity index (χ3v) is 5.90. The zero-order valence-corrected chi connectivity index (χ0v) is 17.6. The maximum Gasteiger partial charge on any atom is 0.330 e. The van der Waals surface area contributed by atoms with Crippen LogP contribution in [-0.4, -0.2) is 34.2 Å². The molecule has 1 amide bonds. The second-order valence-electron chi connectivity index (χ2n) is 8.01. The molecule has 2 heterocycles. The number of nitrogen functional groups attached to an aromatic ring is 1. The van der Waals surface area contributed by atoms with Gasteiger partial charge in [0, 0.05) is 12.6 Å². The first-order valence-electron chi connectivity index (χ1n) is 10.9. The van der Waals surface area contributed by atoms with E-state index in [4.69, 9.17) is 15.2 Å². The number of H-pyrrole nitrogens is 1. The van der Waals surface area contributed by atoms with Gasteiger partial charge in [-0.05, 0) is 31.4 Å². The molecule has 0 saturated heterocycles. The quantitative estimate of drug-likeness (QED) is 0.727. The minimum absolute atomic E-state index is 0.0135. The number of anilines is 2. The molecule has 1 unspecified atom stereocenters. The Labute approximate surface area is 179 Å². The number of hydrogen-bond donors (Lipinski definition) is 2. The SMILES string of the molecule is CCCCn1c(N)c(N(C(=O)C2COc3ccccc3O2)C2CCCC2)c(=O)[nH]c1=O. The summed E-state index contributed by atoms with van der Waals surface area (Å²) in [5, 5.41) is 0. The van der Waals surface area contributed by atoms with E-state index in [0.717, 1.165) is 38.5 Å². The van der Waals surface area contributed by atoms with Crippen LogP contribution < -0.4 is 31.4 Å². The molecule has 1 atom stereocenters. The monoisotopic (exact) mass is 428 g/mol. The number of aromatic amines is 1. The molecule has 4 rings (SSSR count). The van der Waals surface area contributed by atoms with Gasteiger partial charge in [-0.1, -0.05) is 38.3 Å². The van der Waals surface area contributed by atoms with Gasteiger partial charge in [0.05, 0.1) is 0 Å². The smallest absolute Gasteiger partial charge is 0.330 e. The molecule has 2 aliphatic rings. The minimum Gasteiger partial charge on any atom is -0.485 e. The molecule has 1 aliphatic carbocycles. The predicted octanol–water partition coefficient (Wildman–Crippen LogP) is 2.03. The van der Waals surface area contributed by atoms with Gasteiger partial charge in [-0.15, -0.1) is 0 Å². The van der Waals surface area contributed by atoms with E-state index in [1.165, 1.54) is 9.47 Å². The van der Waals surface area contributed by atoms with Crippen LogP contribution in [0.1, 0.15) is 45.4 Å². The summed E-state index contributed by atoms with van der Waals surface area (Å²) in [5.41, 5.74) is 5.11. The van der Waals surface area contributed by atoms with Gasteiger partial charge in [0.25, 0.3) is 11.5 Å². The molecule has 9 nitrogen and oxygen atoms in total. The zero-order valence-electron chi connectivity index (χ0n) is 17.6. The van der Waals surface area contributed by atoms with Crippen molar-refractivity contribution < 1.29 is 14.3 Å². The first-order valence-corrected chi connectivity index (χ1v) is 10.9.